The molecule has 2 saturated carbocycles. The van der Waals surface area contributed by atoms with Crippen LogP contribution in [0.1, 0.15) is 128 Å². The third kappa shape index (κ3) is 16.3. The van der Waals surface area contributed by atoms with Crippen molar-refractivity contribution in [2.75, 3.05) is 37.7 Å². The largest absolute Gasteiger partial charge is 0.752 e. The van der Waals surface area contributed by atoms with Gasteiger partial charge in [-0.2, -0.15) is 20.4 Å². The van der Waals surface area contributed by atoms with Crippen molar-refractivity contribution in [1.29, 1.82) is 0 Å². The maximum absolute atomic E-state index is 5.48. The summed E-state index contributed by atoms with van der Waals surface area (Å²) in [4.78, 5) is 0. The molecule has 4 aliphatic heterocycles. The summed E-state index contributed by atoms with van der Waals surface area (Å²) >= 11 is 14.4. The van der Waals surface area contributed by atoms with Crippen molar-refractivity contribution < 1.29 is 19.5 Å². The molecule has 2 aliphatic carbocycles. The molecule has 0 radical (unpaired) electrons. The molecule has 3 saturated heterocycles. The summed E-state index contributed by atoms with van der Waals surface area (Å²) in [5.74, 6) is 3.85. The van der Waals surface area contributed by atoms with Gasteiger partial charge in [-0.15, -0.1) is 42.7 Å². The predicted molar refractivity (Wildman–Crippen MR) is 225 cm³/mol. The molecule has 8 nitrogen and oxygen atoms in total. The van der Waals surface area contributed by atoms with E-state index in [0.29, 0.717) is 20.8 Å². The van der Waals surface area contributed by atoms with Crippen molar-refractivity contribution >= 4 is 69.0 Å². The minimum atomic E-state index is 0. The molecule has 6 rings (SSSR count). The first-order valence-corrected chi connectivity index (χ1v) is 22.8. The summed E-state index contributed by atoms with van der Waals surface area (Å²) < 4.78 is 1.39. The van der Waals surface area contributed by atoms with Crippen LogP contribution in [0.2, 0.25) is 0 Å². The van der Waals surface area contributed by atoms with E-state index in [9.17, 15) is 0 Å². The van der Waals surface area contributed by atoms with Gasteiger partial charge in [0.15, 0.2) is 0 Å². The Morgan fingerprint density at radius 2 is 1.08 bits per heavy atom. The number of hydrogen-bond acceptors (Lipinski definition) is 10. The van der Waals surface area contributed by atoms with Gasteiger partial charge in [-0.1, -0.05) is 88.8 Å². The summed E-state index contributed by atoms with van der Waals surface area (Å²) in [5, 5.41) is 34.9. The van der Waals surface area contributed by atoms with Crippen LogP contribution in [0, 0.1) is 11.8 Å². The molecule has 0 amide bonds. The SMILES string of the molecule is [S-]C(=NN=C(C1CC=CC[N-]1)C1CCCCN1)SCC1CCCCC1.[S-]C(=NN=C(C1CCCC[N-]1)C1CCCCN1)SCC1CCCCC1.[Zn]. The van der Waals surface area contributed by atoms with Gasteiger partial charge in [0.1, 0.15) is 0 Å². The van der Waals surface area contributed by atoms with Crippen LogP contribution in [-0.2, 0) is 44.7 Å². The van der Waals surface area contributed by atoms with Crippen LogP contribution in [0.15, 0.2) is 32.6 Å². The zero-order chi connectivity index (χ0) is 34.6. The molecular weight excluding hydrogens is 762 g/mol. The van der Waals surface area contributed by atoms with E-state index in [-0.39, 0.29) is 31.6 Å². The third-order valence-electron chi connectivity index (χ3n) is 11.0. The standard InChI is InChI=1S/C19H33N4S2.C19H31N4S2.Zn/c2*24-19(25-14-15-8-2-1-3-9-15)23-22-18(16-10-4-6-12-20-16)17-11-5-7-13-21-17;/h15-17,20H,1-14H2,(H,23,24);4,6,15-17,21H,1-3,5,7-14H2,(H,23,24);/q2*-1;/p-2. The summed E-state index contributed by atoms with van der Waals surface area (Å²) in [7, 11) is 0. The fourth-order valence-electron chi connectivity index (χ4n) is 8.09. The van der Waals surface area contributed by atoms with Crippen LogP contribution in [-0.4, -0.2) is 82.0 Å². The van der Waals surface area contributed by atoms with Crippen LogP contribution in [0.4, 0.5) is 0 Å². The van der Waals surface area contributed by atoms with E-state index in [1.165, 1.54) is 103 Å². The Morgan fingerprint density at radius 3 is 1.53 bits per heavy atom. The van der Waals surface area contributed by atoms with Gasteiger partial charge in [0.2, 0.25) is 0 Å². The Bertz CT molecular complexity index is 1100. The number of nitrogens with zero attached hydrogens (tertiary/aromatic N) is 6. The molecule has 0 aromatic carbocycles. The van der Waals surface area contributed by atoms with E-state index in [1.54, 1.807) is 23.5 Å². The molecule has 0 aromatic heterocycles. The van der Waals surface area contributed by atoms with Crippen molar-refractivity contribution in [3.63, 3.8) is 0 Å². The quantitative estimate of drug-likeness (QED) is 0.0570. The molecule has 4 unspecified atom stereocenters. The Balaban J connectivity index is 0.000000224. The van der Waals surface area contributed by atoms with E-state index < -0.39 is 0 Å². The molecule has 0 bridgehead atoms. The number of piperidine rings is 3. The van der Waals surface area contributed by atoms with Crippen LogP contribution < -0.4 is 10.6 Å². The van der Waals surface area contributed by atoms with Crippen LogP contribution in [0.5, 0.6) is 0 Å². The average molecular weight is 825 g/mol. The van der Waals surface area contributed by atoms with Crippen LogP contribution in [0.25, 0.3) is 10.6 Å². The zero-order valence-electron chi connectivity index (χ0n) is 31.0. The first-order chi connectivity index (χ1) is 24.7. The maximum atomic E-state index is 5.48. The van der Waals surface area contributed by atoms with Gasteiger partial charge >= 0.3 is 0 Å². The number of hydrogen-bond donors (Lipinski definition) is 2. The maximum Gasteiger partial charge on any atom is 0.0458 e. The van der Waals surface area contributed by atoms with Crippen molar-refractivity contribution in [3.05, 3.63) is 22.8 Å². The van der Waals surface area contributed by atoms with Crippen LogP contribution >= 0.6 is 23.5 Å². The minimum absolute atomic E-state index is 0. The second kappa shape index (κ2) is 26.0. The monoisotopic (exact) mass is 822 g/mol. The molecule has 51 heavy (non-hydrogen) atoms. The fraction of sp³-hybridized carbons (Fsp3) is 0.842. The van der Waals surface area contributed by atoms with Gasteiger partial charge in [0.05, 0.1) is 0 Å². The molecule has 2 N–H and O–H groups in total. The normalized spacial score (nSPS) is 29.5. The molecule has 6 aliphatic rings. The van der Waals surface area contributed by atoms with E-state index in [0.717, 1.165) is 86.6 Å². The predicted octanol–water partition coefficient (Wildman–Crippen LogP) is 9.03. The number of nitrogens with one attached hydrogen (secondary N) is 2. The van der Waals surface area contributed by atoms with Gasteiger partial charge in [-0.3, -0.25) is 0 Å². The number of thioether (sulfide) groups is 2. The molecule has 5 fully saturated rings. The molecule has 0 aromatic rings. The van der Waals surface area contributed by atoms with Crippen molar-refractivity contribution in [2.45, 2.75) is 153 Å². The molecule has 4 atom stereocenters. The molecular formula is C38H62N8S4Zn-4. The van der Waals surface area contributed by atoms with Crippen molar-refractivity contribution in [3.8, 4) is 0 Å². The number of rotatable bonds is 10. The molecule has 284 valence electrons. The Hall–Kier alpha value is 0.0234. The Labute approximate surface area is 342 Å². The molecule has 13 heteroatoms. The zero-order valence-corrected chi connectivity index (χ0v) is 37.3. The minimum Gasteiger partial charge on any atom is -0.752 e. The van der Waals surface area contributed by atoms with E-state index in [4.69, 9.17) is 35.9 Å². The summed E-state index contributed by atoms with van der Waals surface area (Å²) in [5.41, 5.74) is 2.23. The summed E-state index contributed by atoms with van der Waals surface area (Å²) in [6, 6.07) is 1.06. The van der Waals surface area contributed by atoms with Gasteiger partial charge < -0.3 is 46.5 Å². The van der Waals surface area contributed by atoms with E-state index in [1.807, 2.05) is 0 Å². The third-order valence-corrected chi connectivity index (χ3v) is 13.8. The first kappa shape index (κ1) is 43.7. The summed E-state index contributed by atoms with van der Waals surface area (Å²) in [6.07, 6.45) is 29.9. The van der Waals surface area contributed by atoms with E-state index >= 15 is 0 Å². The molecule has 4 heterocycles. The second-order valence-corrected chi connectivity index (χ2v) is 18.2. The Kier molecular flexibility index (Phi) is 22.3. The smallest absolute Gasteiger partial charge is 0.0458 e. The van der Waals surface area contributed by atoms with Gasteiger partial charge in [0, 0.05) is 54.5 Å². The van der Waals surface area contributed by atoms with Gasteiger partial charge in [-0.05, 0) is 91.5 Å². The Morgan fingerprint density at radius 1 is 0.569 bits per heavy atom. The topological polar surface area (TPSA) is 102 Å². The fourth-order valence-corrected chi connectivity index (χ4v) is 10.2. The first-order valence-electron chi connectivity index (χ1n) is 20.0. The average Bonchev–Trinajstić information content (AvgIpc) is 3.19. The molecule has 0 spiro atoms. The van der Waals surface area contributed by atoms with E-state index in [2.05, 4.69) is 43.2 Å². The summed E-state index contributed by atoms with van der Waals surface area (Å²) in [6.45, 7) is 3.90. The van der Waals surface area contributed by atoms with Crippen molar-refractivity contribution in [1.82, 2.24) is 10.6 Å². The van der Waals surface area contributed by atoms with Gasteiger partial charge in [-0.25, -0.2) is 0 Å². The van der Waals surface area contributed by atoms with Crippen molar-refractivity contribution in [2.24, 2.45) is 32.2 Å². The van der Waals surface area contributed by atoms with Gasteiger partial charge in [0.25, 0.3) is 0 Å². The second-order valence-electron chi connectivity index (χ2n) is 14.9. The van der Waals surface area contributed by atoms with Crippen LogP contribution in [0.3, 0.4) is 0 Å².